The zero-order valence-corrected chi connectivity index (χ0v) is 16.4. The van der Waals surface area contributed by atoms with Gasteiger partial charge in [-0.25, -0.2) is 4.98 Å². The molecule has 0 saturated carbocycles. The van der Waals surface area contributed by atoms with Crippen molar-refractivity contribution < 1.29 is 4.74 Å². The Kier molecular flexibility index (Phi) is 8.22. The minimum Gasteiger partial charge on any atom is -0.497 e. The summed E-state index contributed by atoms with van der Waals surface area (Å²) in [6.45, 7) is 3.87. The standard InChI is InChI=1S/C20H27ClN4O/c1-15(17-5-7-18(26-3)8-6-17)10-12-23-20(22-2)24-13-11-16-4-9-19(21)25-14-16/h4-9,14-15H,10-13H2,1-3H3,(H2,22,23,24). The first-order valence-corrected chi connectivity index (χ1v) is 9.19. The molecule has 1 heterocycles. The monoisotopic (exact) mass is 374 g/mol. The van der Waals surface area contributed by atoms with Crippen LogP contribution in [0.2, 0.25) is 5.15 Å². The van der Waals surface area contributed by atoms with E-state index in [0.717, 1.165) is 43.2 Å². The molecule has 2 aromatic rings. The summed E-state index contributed by atoms with van der Waals surface area (Å²) in [4.78, 5) is 8.36. The van der Waals surface area contributed by atoms with Gasteiger partial charge in [0, 0.05) is 26.3 Å². The van der Waals surface area contributed by atoms with Gasteiger partial charge in [0.1, 0.15) is 10.9 Å². The molecule has 0 aliphatic carbocycles. The van der Waals surface area contributed by atoms with E-state index in [-0.39, 0.29) is 0 Å². The number of halogens is 1. The minimum absolute atomic E-state index is 0.464. The van der Waals surface area contributed by atoms with Crippen LogP contribution < -0.4 is 15.4 Å². The van der Waals surface area contributed by atoms with Gasteiger partial charge in [-0.2, -0.15) is 0 Å². The Hall–Kier alpha value is -2.27. The maximum absolute atomic E-state index is 5.80. The fourth-order valence-corrected chi connectivity index (χ4v) is 2.72. The molecule has 0 amide bonds. The molecule has 0 radical (unpaired) electrons. The van der Waals surface area contributed by atoms with Crippen LogP contribution >= 0.6 is 11.6 Å². The summed E-state index contributed by atoms with van der Waals surface area (Å²) >= 11 is 5.80. The van der Waals surface area contributed by atoms with Crippen LogP contribution in [0.15, 0.2) is 47.6 Å². The van der Waals surface area contributed by atoms with E-state index in [1.165, 1.54) is 5.56 Å². The van der Waals surface area contributed by atoms with Gasteiger partial charge in [0.05, 0.1) is 7.11 Å². The second-order valence-electron chi connectivity index (χ2n) is 6.13. The van der Waals surface area contributed by atoms with Crippen LogP contribution in [0.4, 0.5) is 0 Å². The molecule has 1 aromatic heterocycles. The maximum atomic E-state index is 5.80. The minimum atomic E-state index is 0.464. The molecular formula is C20H27ClN4O. The molecular weight excluding hydrogens is 348 g/mol. The first-order valence-electron chi connectivity index (χ1n) is 8.81. The number of guanidine groups is 1. The second-order valence-corrected chi connectivity index (χ2v) is 6.52. The fourth-order valence-electron chi connectivity index (χ4n) is 2.61. The summed E-state index contributed by atoms with van der Waals surface area (Å²) in [5, 5.41) is 7.21. The van der Waals surface area contributed by atoms with E-state index in [4.69, 9.17) is 16.3 Å². The van der Waals surface area contributed by atoms with E-state index < -0.39 is 0 Å². The lowest BCUT2D eigenvalue weighted by atomic mass is 9.98. The molecule has 0 saturated heterocycles. The SMILES string of the molecule is CN=C(NCCc1ccc(Cl)nc1)NCCC(C)c1ccc(OC)cc1. The number of aromatic nitrogens is 1. The van der Waals surface area contributed by atoms with Gasteiger partial charge >= 0.3 is 0 Å². The lowest BCUT2D eigenvalue weighted by molar-refractivity contribution is 0.414. The number of benzene rings is 1. The molecule has 1 atom stereocenters. The molecule has 1 unspecified atom stereocenters. The Balaban J connectivity index is 1.69. The number of aliphatic imine (C=N–C) groups is 1. The van der Waals surface area contributed by atoms with Gasteiger partial charge < -0.3 is 15.4 Å². The molecule has 0 bridgehead atoms. The second kappa shape index (κ2) is 10.7. The van der Waals surface area contributed by atoms with Crippen molar-refractivity contribution in [3.63, 3.8) is 0 Å². The van der Waals surface area contributed by atoms with Crippen LogP contribution in [-0.2, 0) is 6.42 Å². The number of methoxy groups -OCH3 is 1. The zero-order chi connectivity index (χ0) is 18.8. The lowest BCUT2D eigenvalue weighted by Crippen LogP contribution is -2.39. The summed E-state index contributed by atoms with van der Waals surface area (Å²) in [6.07, 6.45) is 3.69. The Morgan fingerprint density at radius 3 is 2.50 bits per heavy atom. The molecule has 2 N–H and O–H groups in total. The van der Waals surface area contributed by atoms with Gasteiger partial charge in [-0.05, 0) is 48.1 Å². The van der Waals surface area contributed by atoms with E-state index in [9.17, 15) is 0 Å². The van der Waals surface area contributed by atoms with Crippen LogP contribution in [0.25, 0.3) is 0 Å². The van der Waals surface area contributed by atoms with E-state index in [1.807, 2.05) is 24.3 Å². The summed E-state index contributed by atoms with van der Waals surface area (Å²) in [7, 11) is 3.47. The van der Waals surface area contributed by atoms with Gasteiger partial charge in [0.2, 0.25) is 0 Å². The summed E-state index contributed by atoms with van der Waals surface area (Å²) < 4.78 is 5.20. The van der Waals surface area contributed by atoms with Gasteiger partial charge in [-0.1, -0.05) is 36.7 Å². The smallest absolute Gasteiger partial charge is 0.190 e. The number of rotatable bonds is 8. The van der Waals surface area contributed by atoms with E-state index >= 15 is 0 Å². The molecule has 6 heteroatoms. The Bertz CT molecular complexity index is 686. The van der Waals surface area contributed by atoms with Crippen molar-refractivity contribution in [3.8, 4) is 5.75 Å². The predicted octanol–water partition coefficient (Wildman–Crippen LogP) is 3.64. The van der Waals surface area contributed by atoms with Crippen molar-refractivity contribution in [2.24, 2.45) is 4.99 Å². The first-order chi connectivity index (χ1) is 12.6. The zero-order valence-electron chi connectivity index (χ0n) is 15.6. The van der Waals surface area contributed by atoms with Crippen LogP contribution in [0.3, 0.4) is 0 Å². The quantitative estimate of drug-likeness (QED) is 0.420. The van der Waals surface area contributed by atoms with E-state index in [0.29, 0.717) is 11.1 Å². The summed E-state index contributed by atoms with van der Waals surface area (Å²) in [6, 6.07) is 12.1. The molecule has 2 rings (SSSR count). The molecule has 0 spiro atoms. The molecule has 5 nitrogen and oxygen atoms in total. The highest BCUT2D eigenvalue weighted by molar-refractivity contribution is 6.29. The molecule has 0 fully saturated rings. The summed E-state index contributed by atoms with van der Waals surface area (Å²) in [5.41, 5.74) is 2.45. The number of hydrogen-bond acceptors (Lipinski definition) is 3. The molecule has 26 heavy (non-hydrogen) atoms. The van der Waals surface area contributed by atoms with Gasteiger partial charge in [-0.3, -0.25) is 4.99 Å². The third kappa shape index (κ3) is 6.56. The third-order valence-electron chi connectivity index (χ3n) is 4.27. The highest BCUT2D eigenvalue weighted by Gasteiger charge is 2.06. The van der Waals surface area contributed by atoms with Crippen molar-refractivity contribution in [1.29, 1.82) is 0 Å². The van der Waals surface area contributed by atoms with Crippen molar-refractivity contribution in [1.82, 2.24) is 15.6 Å². The van der Waals surface area contributed by atoms with Crippen LogP contribution in [0.5, 0.6) is 5.75 Å². The molecule has 1 aromatic carbocycles. The van der Waals surface area contributed by atoms with Crippen LogP contribution in [0, 0.1) is 0 Å². The molecule has 0 aliphatic heterocycles. The number of nitrogens with zero attached hydrogens (tertiary/aromatic N) is 2. The molecule has 0 aliphatic rings. The van der Waals surface area contributed by atoms with Crippen molar-refractivity contribution in [2.45, 2.75) is 25.7 Å². The maximum Gasteiger partial charge on any atom is 0.190 e. The topological polar surface area (TPSA) is 58.5 Å². The number of nitrogens with one attached hydrogen (secondary N) is 2. The van der Waals surface area contributed by atoms with E-state index in [2.05, 4.69) is 39.7 Å². The highest BCUT2D eigenvalue weighted by atomic mass is 35.5. The average molecular weight is 375 g/mol. The third-order valence-corrected chi connectivity index (χ3v) is 4.50. The van der Waals surface area contributed by atoms with Crippen LogP contribution in [-0.4, -0.2) is 38.2 Å². The van der Waals surface area contributed by atoms with Gasteiger partial charge in [-0.15, -0.1) is 0 Å². The van der Waals surface area contributed by atoms with Crippen molar-refractivity contribution in [3.05, 3.63) is 58.9 Å². The van der Waals surface area contributed by atoms with Crippen molar-refractivity contribution in [2.75, 3.05) is 27.2 Å². The fraction of sp³-hybridized carbons (Fsp3) is 0.400. The van der Waals surface area contributed by atoms with Crippen LogP contribution in [0.1, 0.15) is 30.4 Å². The summed E-state index contributed by atoms with van der Waals surface area (Å²) in [5.74, 6) is 2.17. The molecule has 140 valence electrons. The van der Waals surface area contributed by atoms with Gasteiger partial charge in [0.25, 0.3) is 0 Å². The Labute approximate surface area is 160 Å². The predicted molar refractivity (Wildman–Crippen MR) is 108 cm³/mol. The Morgan fingerprint density at radius 2 is 1.88 bits per heavy atom. The number of ether oxygens (including phenoxy) is 1. The number of hydrogen-bond donors (Lipinski definition) is 2. The highest BCUT2D eigenvalue weighted by Crippen LogP contribution is 2.21. The largest absolute Gasteiger partial charge is 0.497 e. The first kappa shape index (κ1) is 20.0. The van der Waals surface area contributed by atoms with Gasteiger partial charge in [0.15, 0.2) is 5.96 Å². The normalized spacial score (nSPS) is 12.5. The number of pyridine rings is 1. The van der Waals surface area contributed by atoms with Crippen molar-refractivity contribution >= 4 is 17.6 Å². The Morgan fingerprint density at radius 1 is 1.15 bits per heavy atom. The lowest BCUT2D eigenvalue weighted by Gasteiger charge is -2.15. The average Bonchev–Trinajstić information content (AvgIpc) is 2.68. The van der Waals surface area contributed by atoms with E-state index in [1.54, 1.807) is 20.4 Å².